The maximum Gasteiger partial charge on any atom is 0.309 e. The number of carboxylic acid groups (broad SMARTS) is 1. The number of aliphatic carboxylic acids is 1. The predicted molar refractivity (Wildman–Crippen MR) is 121 cm³/mol. The summed E-state index contributed by atoms with van der Waals surface area (Å²) in [6.45, 7) is 4.31. The number of carbonyl (C=O) groups is 1. The van der Waals surface area contributed by atoms with E-state index in [0.717, 1.165) is 56.3 Å². The number of fused-ring (bicyclic) bond motifs is 3. The molecule has 5 heteroatoms. The molecule has 0 amide bonds. The predicted octanol–water partition coefficient (Wildman–Crippen LogP) is 4.88. The van der Waals surface area contributed by atoms with Crippen LogP contribution in [0, 0.1) is 39.9 Å². The Morgan fingerprint density at radius 3 is 2.52 bits per heavy atom. The fourth-order valence-corrected chi connectivity index (χ4v) is 10.3. The van der Waals surface area contributed by atoms with Gasteiger partial charge >= 0.3 is 5.97 Å². The molecule has 31 heavy (non-hydrogen) atoms. The van der Waals surface area contributed by atoms with Gasteiger partial charge in [0.1, 0.15) is 5.75 Å². The Morgan fingerprint density at radius 2 is 1.81 bits per heavy atom. The van der Waals surface area contributed by atoms with Gasteiger partial charge in [0.25, 0.3) is 0 Å². The first-order chi connectivity index (χ1) is 14.7. The molecule has 1 spiro atoms. The largest absolute Gasteiger partial charge is 0.611 e. The molecule has 9 atom stereocenters. The van der Waals surface area contributed by atoms with Crippen molar-refractivity contribution < 1.29 is 19.6 Å². The van der Waals surface area contributed by atoms with E-state index in [1.165, 1.54) is 0 Å². The van der Waals surface area contributed by atoms with E-state index in [1.807, 2.05) is 37.3 Å². The van der Waals surface area contributed by atoms with Crippen LogP contribution < -0.4 is 0 Å². The third-order valence-corrected chi connectivity index (χ3v) is 11.8. The van der Waals surface area contributed by atoms with Crippen LogP contribution in [0.2, 0.25) is 0 Å². The standard InChI is InChI=1S/C26H36O4S/c1-24-11-6-12-25(2,23(28)29)20(24)10-14-26-13-9-17(15-21(24)26)19(22(26)27)16-31(30)18-7-4-3-5-8-18/h3-5,7-8,17,19-22,27H,6,9-16H2,1-2H3,(H,28,29)/t17-,19-,20-,21-,22+,24+,25+,26-,31?/m0/s1. The molecule has 1 aromatic rings. The highest BCUT2D eigenvalue weighted by Gasteiger charge is 2.68. The lowest BCUT2D eigenvalue weighted by Crippen LogP contribution is -2.67. The summed E-state index contributed by atoms with van der Waals surface area (Å²) in [5.74, 6) is 0.941. The van der Waals surface area contributed by atoms with Gasteiger partial charge in [0, 0.05) is 11.3 Å². The normalized spacial score (nSPS) is 47.3. The van der Waals surface area contributed by atoms with Gasteiger partial charge in [0.2, 0.25) is 0 Å². The molecule has 0 heterocycles. The van der Waals surface area contributed by atoms with Gasteiger partial charge < -0.3 is 14.8 Å². The van der Waals surface area contributed by atoms with Crippen molar-refractivity contribution in [2.75, 3.05) is 5.75 Å². The van der Waals surface area contributed by atoms with E-state index in [4.69, 9.17) is 0 Å². The number of hydrogen-bond donors (Lipinski definition) is 2. The molecule has 1 aromatic carbocycles. The van der Waals surface area contributed by atoms with Crippen molar-refractivity contribution in [3.05, 3.63) is 30.3 Å². The van der Waals surface area contributed by atoms with E-state index in [-0.39, 0.29) is 22.7 Å². The lowest BCUT2D eigenvalue weighted by Gasteiger charge is -2.69. The van der Waals surface area contributed by atoms with Crippen molar-refractivity contribution >= 4 is 17.1 Å². The summed E-state index contributed by atoms with van der Waals surface area (Å²) < 4.78 is 13.1. The average Bonchev–Trinajstić information content (AvgIpc) is 2.76. The third kappa shape index (κ3) is 3.06. The first-order valence-corrected chi connectivity index (χ1v) is 13.4. The molecule has 0 radical (unpaired) electrons. The molecule has 1 unspecified atom stereocenters. The second-order valence-electron chi connectivity index (χ2n) is 11.4. The molecule has 0 aliphatic heterocycles. The summed E-state index contributed by atoms with van der Waals surface area (Å²) in [5, 5.41) is 21.8. The lowest BCUT2D eigenvalue weighted by molar-refractivity contribution is -0.241. The van der Waals surface area contributed by atoms with Crippen molar-refractivity contribution in [3.63, 3.8) is 0 Å². The van der Waals surface area contributed by atoms with Crippen LogP contribution in [0.25, 0.3) is 0 Å². The van der Waals surface area contributed by atoms with Crippen LogP contribution in [-0.4, -0.2) is 32.6 Å². The Morgan fingerprint density at radius 1 is 1.10 bits per heavy atom. The molecule has 0 aromatic heterocycles. The molecule has 5 aliphatic rings. The average molecular weight is 445 g/mol. The summed E-state index contributed by atoms with van der Waals surface area (Å²) in [6.07, 6.45) is 7.43. The molecule has 5 aliphatic carbocycles. The minimum Gasteiger partial charge on any atom is -0.611 e. The highest BCUT2D eigenvalue weighted by molar-refractivity contribution is 7.91. The Labute approximate surface area is 189 Å². The van der Waals surface area contributed by atoms with Crippen LogP contribution in [-0.2, 0) is 16.0 Å². The maximum atomic E-state index is 13.1. The molecular weight excluding hydrogens is 408 g/mol. The summed E-state index contributed by atoms with van der Waals surface area (Å²) in [4.78, 5) is 13.1. The van der Waals surface area contributed by atoms with Gasteiger partial charge in [-0.25, -0.2) is 0 Å². The Kier molecular flexibility index (Phi) is 5.27. The van der Waals surface area contributed by atoms with Gasteiger partial charge in [-0.2, -0.15) is 0 Å². The fraction of sp³-hybridized carbons (Fsp3) is 0.731. The van der Waals surface area contributed by atoms with Crippen LogP contribution in [0.5, 0.6) is 0 Å². The molecule has 4 nitrogen and oxygen atoms in total. The van der Waals surface area contributed by atoms with Crippen LogP contribution >= 0.6 is 0 Å². The van der Waals surface area contributed by atoms with Gasteiger partial charge in [0.05, 0.1) is 11.5 Å². The number of rotatable bonds is 4. The fourth-order valence-electron chi connectivity index (χ4n) is 8.80. The van der Waals surface area contributed by atoms with E-state index in [9.17, 15) is 19.6 Å². The number of aliphatic hydroxyl groups is 1. The third-order valence-electron chi connectivity index (χ3n) is 10.3. The number of aliphatic hydroxyl groups excluding tert-OH is 1. The van der Waals surface area contributed by atoms with Crippen molar-refractivity contribution in [2.24, 2.45) is 39.9 Å². The first-order valence-electron chi connectivity index (χ1n) is 12.1. The Balaban J connectivity index is 1.43. The van der Waals surface area contributed by atoms with Crippen LogP contribution in [0.15, 0.2) is 35.2 Å². The molecule has 2 N–H and O–H groups in total. The summed E-state index contributed by atoms with van der Waals surface area (Å²) in [5.41, 5.74) is -0.792. The van der Waals surface area contributed by atoms with Gasteiger partial charge in [-0.05, 0) is 98.3 Å². The minimum atomic E-state index is -1.09. The van der Waals surface area contributed by atoms with Gasteiger partial charge in [-0.15, -0.1) is 0 Å². The van der Waals surface area contributed by atoms with Gasteiger partial charge in [-0.1, -0.05) is 31.5 Å². The van der Waals surface area contributed by atoms with Crippen LogP contribution in [0.3, 0.4) is 0 Å². The number of hydrogen-bond acceptors (Lipinski definition) is 3. The molecule has 170 valence electrons. The van der Waals surface area contributed by atoms with Crippen molar-refractivity contribution in [2.45, 2.75) is 76.2 Å². The van der Waals surface area contributed by atoms with E-state index in [0.29, 0.717) is 17.6 Å². The molecular formula is C26H36O4S. The zero-order valence-electron chi connectivity index (χ0n) is 18.8. The second-order valence-corrected chi connectivity index (χ2v) is 12.9. The Hall–Kier alpha value is -1.04. The van der Waals surface area contributed by atoms with Crippen molar-refractivity contribution in [3.8, 4) is 0 Å². The molecule has 6 rings (SSSR count). The van der Waals surface area contributed by atoms with Crippen molar-refractivity contribution in [1.82, 2.24) is 0 Å². The van der Waals surface area contributed by atoms with Crippen LogP contribution in [0.4, 0.5) is 0 Å². The topological polar surface area (TPSA) is 80.6 Å². The highest BCUT2D eigenvalue weighted by Crippen LogP contribution is 2.72. The van der Waals surface area contributed by atoms with Crippen molar-refractivity contribution in [1.29, 1.82) is 0 Å². The number of benzene rings is 1. The lowest BCUT2D eigenvalue weighted by atomic mass is 9.35. The summed E-state index contributed by atoms with van der Waals surface area (Å²) >= 11 is -1.09. The molecule has 5 fully saturated rings. The van der Waals surface area contributed by atoms with Gasteiger partial charge in [-0.3, -0.25) is 4.79 Å². The first kappa shape index (κ1) is 21.8. The van der Waals surface area contributed by atoms with Crippen LogP contribution in [0.1, 0.15) is 65.2 Å². The van der Waals surface area contributed by atoms with E-state index >= 15 is 0 Å². The molecule has 0 saturated heterocycles. The summed E-state index contributed by atoms with van der Waals surface area (Å²) in [6, 6.07) is 9.64. The monoisotopic (exact) mass is 444 g/mol. The molecule has 2 bridgehead atoms. The number of carboxylic acids is 1. The summed E-state index contributed by atoms with van der Waals surface area (Å²) in [7, 11) is 0. The van der Waals surface area contributed by atoms with E-state index < -0.39 is 28.7 Å². The smallest absolute Gasteiger partial charge is 0.309 e. The SMILES string of the molecule is C[C@@]12CCC[C@@](C)(C(=O)O)[C@H]1CC[C@@]13CC[C@@H](C[C@@H]21)[C@H](C[S+]([O-])c1ccccc1)[C@H]3O. The van der Waals surface area contributed by atoms with Gasteiger partial charge in [0.15, 0.2) is 4.90 Å². The maximum absolute atomic E-state index is 13.1. The zero-order valence-corrected chi connectivity index (χ0v) is 19.6. The minimum absolute atomic E-state index is 0.0210. The van der Waals surface area contributed by atoms with E-state index in [2.05, 4.69) is 6.92 Å². The second kappa shape index (κ2) is 7.50. The Bertz CT molecular complexity index is 845. The zero-order chi connectivity index (χ0) is 22.0. The van der Waals surface area contributed by atoms with E-state index in [1.54, 1.807) is 0 Å². The quantitative estimate of drug-likeness (QED) is 0.649. The molecule has 5 saturated carbocycles. The highest BCUT2D eigenvalue weighted by atomic mass is 32.2.